The quantitative estimate of drug-likeness (QED) is 0.694. The van der Waals surface area contributed by atoms with Gasteiger partial charge in [-0.1, -0.05) is 55.0 Å². The van der Waals surface area contributed by atoms with Crippen molar-refractivity contribution in [2.75, 3.05) is 23.7 Å². The fourth-order valence-corrected chi connectivity index (χ4v) is 4.21. The van der Waals surface area contributed by atoms with Crippen molar-refractivity contribution in [3.05, 3.63) is 65.2 Å². The largest absolute Gasteiger partial charge is 0.356 e. The molecule has 2 aromatic carbocycles. The molecule has 0 saturated carbocycles. The average Bonchev–Trinajstić information content (AvgIpc) is 2.64. The number of benzene rings is 2. The Kier molecular flexibility index (Phi) is 7.63. The molecule has 6 heteroatoms. The molecule has 152 valence electrons. The Labute approximate surface area is 168 Å². The topological polar surface area (TPSA) is 66.5 Å². The van der Waals surface area contributed by atoms with E-state index in [1.54, 1.807) is 0 Å². The van der Waals surface area contributed by atoms with Gasteiger partial charge in [0.15, 0.2) is 0 Å². The van der Waals surface area contributed by atoms with E-state index in [2.05, 4.69) is 12.2 Å². The molecule has 0 aromatic heterocycles. The highest BCUT2D eigenvalue weighted by atomic mass is 32.2. The Balaban J connectivity index is 1.89. The highest BCUT2D eigenvalue weighted by Crippen LogP contribution is 2.24. The number of nitrogens with one attached hydrogen (secondary N) is 1. The van der Waals surface area contributed by atoms with Crippen molar-refractivity contribution < 1.29 is 13.2 Å². The van der Waals surface area contributed by atoms with Crippen LogP contribution in [0, 0.1) is 13.8 Å². The van der Waals surface area contributed by atoms with Crippen LogP contribution in [0.15, 0.2) is 48.5 Å². The maximum atomic E-state index is 12.2. The van der Waals surface area contributed by atoms with Gasteiger partial charge in [-0.25, -0.2) is 8.42 Å². The van der Waals surface area contributed by atoms with Crippen LogP contribution in [-0.4, -0.2) is 33.7 Å². The first-order chi connectivity index (χ1) is 13.2. The maximum Gasteiger partial charge on any atom is 0.232 e. The first-order valence-corrected chi connectivity index (χ1v) is 11.4. The summed E-state index contributed by atoms with van der Waals surface area (Å²) in [6.45, 7) is 6.79. The van der Waals surface area contributed by atoms with E-state index in [0.717, 1.165) is 11.1 Å². The predicted molar refractivity (Wildman–Crippen MR) is 115 cm³/mol. The molecule has 0 aliphatic heterocycles. The van der Waals surface area contributed by atoms with E-state index in [0.29, 0.717) is 25.1 Å². The van der Waals surface area contributed by atoms with E-state index in [4.69, 9.17) is 0 Å². The fourth-order valence-electron chi connectivity index (χ4n) is 3.19. The van der Waals surface area contributed by atoms with Gasteiger partial charge in [-0.3, -0.25) is 9.10 Å². The lowest BCUT2D eigenvalue weighted by Gasteiger charge is -2.24. The minimum Gasteiger partial charge on any atom is -0.356 e. The average molecular weight is 403 g/mol. The number of aryl methyl sites for hydroxylation is 2. The Hall–Kier alpha value is -2.34. The number of carbonyl (C=O) groups is 1. The zero-order valence-corrected chi connectivity index (χ0v) is 17.9. The number of rotatable bonds is 9. The molecule has 1 N–H and O–H groups in total. The Bertz CT molecular complexity index is 895. The maximum absolute atomic E-state index is 12.2. The molecule has 0 aliphatic rings. The molecule has 0 fully saturated rings. The number of hydrogen-bond donors (Lipinski definition) is 1. The Morgan fingerprint density at radius 3 is 2.39 bits per heavy atom. The first-order valence-electron chi connectivity index (χ1n) is 9.55. The third kappa shape index (κ3) is 6.37. The number of carbonyl (C=O) groups excluding carboxylic acids is 1. The molecule has 0 saturated heterocycles. The molecule has 0 aliphatic carbocycles. The van der Waals surface area contributed by atoms with Crippen molar-refractivity contribution in [1.82, 2.24) is 5.32 Å². The molecule has 0 bridgehead atoms. The fraction of sp³-hybridized carbons (Fsp3) is 0.409. The molecular weight excluding hydrogens is 372 g/mol. The van der Waals surface area contributed by atoms with Gasteiger partial charge < -0.3 is 5.32 Å². The van der Waals surface area contributed by atoms with Crippen LogP contribution in [0.4, 0.5) is 5.69 Å². The van der Waals surface area contributed by atoms with E-state index in [1.807, 2.05) is 62.4 Å². The van der Waals surface area contributed by atoms with Crippen molar-refractivity contribution in [1.29, 1.82) is 0 Å². The molecule has 1 atom stereocenters. The minimum atomic E-state index is -3.41. The monoisotopic (exact) mass is 402 g/mol. The molecule has 5 nitrogen and oxygen atoms in total. The molecule has 2 rings (SSSR count). The second kappa shape index (κ2) is 9.73. The van der Waals surface area contributed by atoms with Gasteiger partial charge >= 0.3 is 0 Å². The van der Waals surface area contributed by atoms with Gasteiger partial charge in [0.2, 0.25) is 15.9 Å². The number of hydrogen-bond acceptors (Lipinski definition) is 3. The minimum absolute atomic E-state index is 0.0585. The summed E-state index contributed by atoms with van der Waals surface area (Å²) < 4.78 is 25.9. The van der Waals surface area contributed by atoms with Crippen LogP contribution in [0.5, 0.6) is 0 Å². The summed E-state index contributed by atoms with van der Waals surface area (Å²) in [5.41, 5.74) is 3.85. The van der Waals surface area contributed by atoms with Gasteiger partial charge in [0, 0.05) is 19.5 Å². The summed E-state index contributed by atoms with van der Waals surface area (Å²) in [5.74, 6) is 0.171. The van der Waals surface area contributed by atoms with E-state index < -0.39 is 10.0 Å². The summed E-state index contributed by atoms with van der Waals surface area (Å²) in [7, 11) is -3.41. The van der Waals surface area contributed by atoms with Gasteiger partial charge in [-0.2, -0.15) is 0 Å². The zero-order chi connectivity index (χ0) is 20.7. The Morgan fingerprint density at radius 1 is 1.11 bits per heavy atom. The summed E-state index contributed by atoms with van der Waals surface area (Å²) >= 11 is 0. The molecule has 0 spiro atoms. The Morgan fingerprint density at radius 2 is 1.79 bits per heavy atom. The second-order valence-electron chi connectivity index (χ2n) is 7.34. The summed E-state index contributed by atoms with van der Waals surface area (Å²) in [5, 5.41) is 2.95. The molecule has 0 radical (unpaired) electrons. The first kappa shape index (κ1) is 22.0. The number of anilines is 1. The molecule has 1 unspecified atom stereocenters. The predicted octanol–water partition coefficient (Wildman–Crippen LogP) is 3.77. The third-order valence-electron chi connectivity index (χ3n) is 4.76. The molecule has 0 heterocycles. The highest BCUT2D eigenvalue weighted by Gasteiger charge is 2.19. The van der Waals surface area contributed by atoms with Crippen molar-refractivity contribution in [2.24, 2.45) is 0 Å². The normalized spacial score (nSPS) is 12.4. The van der Waals surface area contributed by atoms with E-state index in [1.165, 1.54) is 16.1 Å². The van der Waals surface area contributed by atoms with Crippen LogP contribution < -0.4 is 9.62 Å². The molecule has 2 aromatic rings. The summed E-state index contributed by atoms with van der Waals surface area (Å²) in [6, 6.07) is 15.7. The molecular formula is C22H30N2O3S. The SMILES string of the molecule is Cc1ccc(N(CCCC(=O)NCC(C)c2ccccc2)S(C)(=O)=O)c(C)c1. The summed E-state index contributed by atoms with van der Waals surface area (Å²) in [6.07, 6.45) is 1.96. The number of amides is 1. The smallest absolute Gasteiger partial charge is 0.232 e. The van der Waals surface area contributed by atoms with Gasteiger partial charge in [-0.15, -0.1) is 0 Å². The molecule has 1 amide bonds. The van der Waals surface area contributed by atoms with Crippen molar-refractivity contribution in [3.63, 3.8) is 0 Å². The lowest BCUT2D eigenvalue weighted by Crippen LogP contribution is -2.33. The standard InChI is InChI=1S/C22H30N2O3S/c1-17-12-13-21(18(2)15-17)24(28(4,26)27)14-8-11-22(25)23-16-19(3)20-9-6-5-7-10-20/h5-7,9-10,12-13,15,19H,8,11,14,16H2,1-4H3,(H,23,25). The van der Waals surface area contributed by atoms with Gasteiger partial charge in [0.25, 0.3) is 0 Å². The van der Waals surface area contributed by atoms with Crippen LogP contribution >= 0.6 is 0 Å². The van der Waals surface area contributed by atoms with Crippen LogP contribution in [0.2, 0.25) is 0 Å². The molecule has 28 heavy (non-hydrogen) atoms. The van der Waals surface area contributed by atoms with Crippen molar-refractivity contribution >= 4 is 21.6 Å². The van der Waals surface area contributed by atoms with Gasteiger partial charge in [0.05, 0.1) is 11.9 Å². The van der Waals surface area contributed by atoms with Crippen LogP contribution in [-0.2, 0) is 14.8 Å². The summed E-state index contributed by atoms with van der Waals surface area (Å²) in [4.78, 5) is 12.2. The van der Waals surface area contributed by atoms with Crippen LogP contribution in [0.3, 0.4) is 0 Å². The number of nitrogens with zero attached hydrogens (tertiary/aromatic N) is 1. The van der Waals surface area contributed by atoms with E-state index in [9.17, 15) is 13.2 Å². The van der Waals surface area contributed by atoms with Crippen LogP contribution in [0.1, 0.15) is 42.4 Å². The van der Waals surface area contributed by atoms with E-state index >= 15 is 0 Å². The zero-order valence-electron chi connectivity index (χ0n) is 17.1. The van der Waals surface area contributed by atoms with Gasteiger partial charge in [-0.05, 0) is 43.4 Å². The van der Waals surface area contributed by atoms with Crippen molar-refractivity contribution in [3.8, 4) is 0 Å². The van der Waals surface area contributed by atoms with Crippen LogP contribution in [0.25, 0.3) is 0 Å². The second-order valence-corrected chi connectivity index (χ2v) is 9.25. The van der Waals surface area contributed by atoms with Gasteiger partial charge in [0.1, 0.15) is 0 Å². The number of sulfonamides is 1. The van der Waals surface area contributed by atoms with Crippen molar-refractivity contribution in [2.45, 2.75) is 39.5 Å². The van der Waals surface area contributed by atoms with E-state index in [-0.39, 0.29) is 18.4 Å². The highest BCUT2D eigenvalue weighted by molar-refractivity contribution is 7.92. The third-order valence-corrected chi connectivity index (χ3v) is 5.94. The lowest BCUT2D eigenvalue weighted by molar-refractivity contribution is -0.121. The lowest BCUT2D eigenvalue weighted by atomic mass is 10.0.